The maximum atomic E-state index is 4.38. The number of aliphatic imine (C=N–C) groups is 1. The van der Waals surface area contributed by atoms with E-state index in [0.717, 1.165) is 57.1 Å². The summed E-state index contributed by atoms with van der Waals surface area (Å²) < 4.78 is 2.34. The summed E-state index contributed by atoms with van der Waals surface area (Å²) in [7, 11) is 1.82. The number of aryl methyl sites for hydroxylation is 2. The molecule has 1 aromatic rings. The van der Waals surface area contributed by atoms with Crippen molar-refractivity contribution in [1.82, 2.24) is 25.4 Å². The topological polar surface area (TPSA) is 67.1 Å². The highest BCUT2D eigenvalue weighted by molar-refractivity contribution is 14.0. The van der Waals surface area contributed by atoms with Gasteiger partial charge in [-0.25, -0.2) is 0 Å². The van der Waals surface area contributed by atoms with Gasteiger partial charge in [-0.15, -0.1) is 34.2 Å². The van der Waals surface area contributed by atoms with E-state index in [4.69, 9.17) is 0 Å². The third-order valence-electron chi connectivity index (χ3n) is 4.29. The molecule has 7 heteroatoms. The van der Waals surface area contributed by atoms with Gasteiger partial charge in [0.15, 0.2) is 5.96 Å². The van der Waals surface area contributed by atoms with Crippen LogP contribution < -0.4 is 10.6 Å². The molecule has 1 aliphatic rings. The highest BCUT2D eigenvalue weighted by atomic mass is 127. The SMILES string of the molecule is CN=C(NCCCc1nnc2n1CCCCC2)NCCC(C)C.I. The molecule has 0 aromatic carbocycles. The molecule has 0 fully saturated rings. The van der Waals surface area contributed by atoms with Crippen LogP contribution in [0.2, 0.25) is 0 Å². The minimum Gasteiger partial charge on any atom is -0.356 e. The fourth-order valence-electron chi connectivity index (χ4n) is 2.88. The quantitative estimate of drug-likeness (QED) is 0.292. The van der Waals surface area contributed by atoms with Crippen molar-refractivity contribution in [3.8, 4) is 0 Å². The fraction of sp³-hybridized carbons (Fsp3) is 0.824. The summed E-state index contributed by atoms with van der Waals surface area (Å²) in [6.45, 7) is 7.43. The predicted molar refractivity (Wildman–Crippen MR) is 110 cm³/mol. The van der Waals surface area contributed by atoms with Crippen molar-refractivity contribution < 1.29 is 0 Å². The zero-order valence-electron chi connectivity index (χ0n) is 15.3. The Bertz CT molecular complexity index is 497. The van der Waals surface area contributed by atoms with Gasteiger partial charge in [-0.3, -0.25) is 4.99 Å². The molecular formula is C17H33IN6. The van der Waals surface area contributed by atoms with Crippen molar-refractivity contribution in [1.29, 1.82) is 0 Å². The predicted octanol–water partition coefficient (Wildman–Crippen LogP) is 2.77. The Hall–Kier alpha value is -0.860. The van der Waals surface area contributed by atoms with Crippen LogP contribution in [0.3, 0.4) is 0 Å². The third-order valence-corrected chi connectivity index (χ3v) is 4.29. The number of guanidine groups is 1. The van der Waals surface area contributed by atoms with E-state index in [1.54, 1.807) is 0 Å². The highest BCUT2D eigenvalue weighted by Crippen LogP contribution is 2.15. The molecule has 0 amide bonds. The number of rotatable bonds is 7. The van der Waals surface area contributed by atoms with Crippen LogP contribution in [0.15, 0.2) is 4.99 Å². The number of halogens is 1. The summed E-state index contributed by atoms with van der Waals surface area (Å²) in [4.78, 5) is 4.26. The van der Waals surface area contributed by atoms with Crippen LogP contribution in [0.1, 0.15) is 57.6 Å². The van der Waals surface area contributed by atoms with Crippen molar-refractivity contribution in [3.63, 3.8) is 0 Å². The van der Waals surface area contributed by atoms with Crippen molar-refractivity contribution in [2.75, 3.05) is 20.1 Å². The van der Waals surface area contributed by atoms with Crippen LogP contribution in [0.25, 0.3) is 0 Å². The molecule has 0 saturated heterocycles. The van der Waals surface area contributed by atoms with E-state index in [1.807, 2.05) is 7.05 Å². The molecule has 0 saturated carbocycles. The van der Waals surface area contributed by atoms with Gasteiger partial charge in [0.05, 0.1) is 0 Å². The van der Waals surface area contributed by atoms with Gasteiger partial charge in [-0.05, 0) is 31.6 Å². The maximum absolute atomic E-state index is 4.38. The second-order valence-electron chi connectivity index (χ2n) is 6.71. The van der Waals surface area contributed by atoms with E-state index in [2.05, 4.69) is 44.2 Å². The summed E-state index contributed by atoms with van der Waals surface area (Å²) in [6, 6.07) is 0. The first kappa shape index (κ1) is 21.2. The summed E-state index contributed by atoms with van der Waals surface area (Å²) in [5.41, 5.74) is 0. The van der Waals surface area contributed by atoms with Crippen LogP contribution >= 0.6 is 24.0 Å². The molecular weight excluding hydrogens is 415 g/mol. The third kappa shape index (κ3) is 6.94. The van der Waals surface area contributed by atoms with Gasteiger partial charge in [-0.1, -0.05) is 20.3 Å². The molecule has 0 unspecified atom stereocenters. The average molecular weight is 448 g/mol. The smallest absolute Gasteiger partial charge is 0.190 e. The van der Waals surface area contributed by atoms with Gasteiger partial charge in [0.2, 0.25) is 0 Å². The van der Waals surface area contributed by atoms with Crippen molar-refractivity contribution in [2.45, 2.75) is 65.3 Å². The molecule has 1 aliphatic heterocycles. The second kappa shape index (κ2) is 11.7. The molecule has 0 aliphatic carbocycles. The van der Waals surface area contributed by atoms with Crippen LogP contribution in [0.5, 0.6) is 0 Å². The number of fused-ring (bicyclic) bond motifs is 1. The number of hydrogen-bond donors (Lipinski definition) is 2. The molecule has 1 aromatic heterocycles. The summed E-state index contributed by atoms with van der Waals surface area (Å²) in [5.74, 6) is 3.93. The molecule has 0 atom stereocenters. The minimum absolute atomic E-state index is 0. The Labute approximate surface area is 163 Å². The summed E-state index contributed by atoms with van der Waals surface area (Å²) in [5, 5.41) is 15.5. The lowest BCUT2D eigenvalue weighted by atomic mass is 10.1. The van der Waals surface area contributed by atoms with Crippen LogP contribution in [-0.4, -0.2) is 40.9 Å². The normalized spacial score (nSPS) is 14.8. The Kier molecular flexibility index (Phi) is 10.3. The zero-order valence-corrected chi connectivity index (χ0v) is 17.7. The first-order valence-electron chi connectivity index (χ1n) is 9.06. The zero-order chi connectivity index (χ0) is 16.5. The first-order valence-corrected chi connectivity index (χ1v) is 9.06. The number of nitrogens with one attached hydrogen (secondary N) is 2. The van der Waals surface area contributed by atoms with Gasteiger partial charge < -0.3 is 15.2 Å². The summed E-state index contributed by atoms with van der Waals surface area (Å²) in [6.07, 6.45) is 8.07. The van der Waals surface area contributed by atoms with Gasteiger partial charge >= 0.3 is 0 Å². The Balaban J connectivity index is 0.00000288. The van der Waals surface area contributed by atoms with E-state index in [9.17, 15) is 0 Å². The van der Waals surface area contributed by atoms with Crippen LogP contribution in [0, 0.1) is 5.92 Å². The number of nitrogens with zero attached hydrogens (tertiary/aromatic N) is 4. The molecule has 138 valence electrons. The van der Waals surface area contributed by atoms with Crippen LogP contribution in [-0.2, 0) is 19.4 Å². The maximum Gasteiger partial charge on any atom is 0.190 e. The largest absolute Gasteiger partial charge is 0.356 e. The van der Waals surface area contributed by atoms with Crippen LogP contribution in [0.4, 0.5) is 0 Å². The van der Waals surface area contributed by atoms with E-state index >= 15 is 0 Å². The minimum atomic E-state index is 0. The summed E-state index contributed by atoms with van der Waals surface area (Å²) >= 11 is 0. The van der Waals surface area contributed by atoms with E-state index in [-0.39, 0.29) is 24.0 Å². The van der Waals surface area contributed by atoms with E-state index < -0.39 is 0 Å². The van der Waals surface area contributed by atoms with Gasteiger partial charge in [0.25, 0.3) is 0 Å². The molecule has 2 rings (SSSR count). The Morgan fingerprint density at radius 3 is 2.71 bits per heavy atom. The lowest BCUT2D eigenvalue weighted by Crippen LogP contribution is -2.38. The molecule has 24 heavy (non-hydrogen) atoms. The molecule has 2 heterocycles. The van der Waals surface area contributed by atoms with Crippen molar-refractivity contribution in [2.24, 2.45) is 10.9 Å². The molecule has 0 radical (unpaired) electrons. The Morgan fingerprint density at radius 2 is 1.96 bits per heavy atom. The van der Waals surface area contributed by atoms with E-state index in [0.29, 0.717) is 5.92 Å². The number of hydrogen-bond acceptors (Lipinski definition) is 3. The first-order chi connectivity index (χ1) is 11.2. The van der Waals surface area contributed by atoms with E-state index in [1.165, 1.54) is 25.1 Å². The second-order valence-corrected chi connectivity index (χ2v) is 6.71. The molecule has 0 bridgehead atoms. The van der Waals surface area contributed by atoms with Crippen molar-refractivity contribution in [3.05, 3.63) is 11.6 Å². The van der Waals surface area contributed by atoms with Crippen molar-refractivity contribution >= 4 is 29.9 Å². The van der Waals surface area contributed by atoms with Gasteiger partial charge in [0, 0.05) is 39.5 Å². The fourth-order valence-corrected chi connectivity index (χ4v) is 2.88. The van der Waals surface area contributed by atoms with Gasteiger partial charge in [-0.2, -0.15) is 0 Å². The lowest BCUT2D eigenvalue weighted by molar-refractivity contribution is 0.571. The molecule has 2 N–H and O–H groups in total. The highest BCUT2D eigenvalue weighted by Gasteiger charge is 2.14. The standard InChI is InChI=1S/C17H32N6.HI/c1-14(2)10-12-20-17(18-3)19-11-7-9-16-22-21-15-8-5-4-6-13-23(15)16;/h14H,4-13H2,1-3H3,(H2,18,19,20);1H. The number of aromatic nitrogens is 3. The molecule has 0 spiro atoms. The average Bonchev–Trinajstić information content (AvgIpc) is 2.76. The van der Waals surface area contributed by atoms with Gasteiger partial charge in [0.1, 0.15) is 11.6 Å². The molecule has 6 nitrogen and oxygen atoms in total. The lowest BCUT2D eigenvalue weighted by Gasteiger charge is -2.13. The monoisotopic (exact) mass is 448 g/mol. The Morgan fingerprint density at radius 1 is 1.17 bits per heavy atom.